The van der Waals surface area contributed by atoms with Crippen LogP contribution >= 0.6 is 0 Å². The predicted octanol–water partition coefficient (Wildman–Crippen LogP) is -1.80. The van der Waals surface area contributed by atoms with Gasteiger partial charge in [-0.25, -0.2) is 4.79 Å². The Morgan fingerprint density at radius 3 is 2.27 bits per heavy atom. The van der Waals surface area contributed by atoms with Gasteiger partial charge in [0.15, 0.2) is 6.29 Å². The first-order chi connectivity index (χ1) is 13.9. The summed E-state index contributed by atoms with van der Waals surface area (Å²) in [4.78, 5) is 29.4. The normalized spacial score (nSPS) is 28.0. The second-order valence-electron chi connectivity index (χ2n) is 8.24. The molecule has 0 amide bonds. The smallest absolute Gasteiger partial charge is 0.333 e. The maximum absolute atomic E-state index is 12.9. The molecule has 1 saturated heterocycles. The van der Waals surface area contributed by atoms with E-state index in [1.165, 1.54) is 14.1 Å². The fourth-order valence-electron chi connectivity index (χ4n) is 3.73. The second-order valence-corrected chi connectivity index (χ2v) is 8.24. The van der Waals surface area contributed by atoms with Crippen LogP contribution < -0.4 is 11.2 Å². The summed E-state index contributed by atoms with van der Waals surface area (Å²) in [6.07, 6.45) is -4.78. The zero-order valence-corrected chi connectivity index (χ0v) is 17.8. The van der Waals surface area contributed by atoms with Crippen molar-refractivity contribution in [1.29, 1.82) is 0 Å². The fraction of sp³-hybridized carbons (Fsp3) is 0.737. The van der Waals surface area contributed by atoms with E-state index in [2.05, 4.69) is 4.99 Å². The zero-order valence-electron chi connectivity index (χ0n) is 17.8. The van der Waals surface area contributed by atoms with Crippen LogP contribution in [0.4, 0.5) is 0 Å². The first-order valence-electron chi connectivity index (χ1n) is 9.77. The van der Waals surface area contributed by atoms with Gasteiger partial charge in [-0.1, -0.05) is 27.2 Å². The zero-order chi connectivity index (χ0) is 23.0. The van der Waals surface area contributed by atoms with Crippen LogP contribution in [0.25, 0.3) is 0 Å². The number of aliphatic imine (C=N–C) groups is 1. The van der Waals surface area contributed by atoms with E-state index in [4.69, 9.17) is 4.74 Å². The number of hydrogen-bond donors (Lipinski definition) is 5. The Morgan fingerprint density at radius 2 is 1.73 bits per heavy atom. The fourth-order valence-corrected chi connectivity index (χ4v) is 3.73. The molecule has 0 bridgehead atoms. The molecule has 0 radical (unpaired) electrons. The molecule has 2 heterocycles. The molecule has 0 saturated carbocycles. The molecular weight excluding hydrogens is 398 g/mol. The molecule has 2 rings (SSSR count). The minimum atomic E-state index is -1.67. The summed E-state index contributed by atoms with van der Waals surface area (Å²) >= 11 is 0. The number of nitrogens with zero attached hydrogens (tertiary/aromatic N) is 3. The SMILES string of the molecule is CCCC(C)(C)C(=N[C@@H]1[C@@H](O)[C@H](O)[C@@H](CO)O[C@@H]1O)c1c(O)n(C)c(=O)n(C)c1=O. The first-order valence-corrected chi connectivity index (χ1v) is 9.77. The molecule has 11 nitrogen and oxygen atoms in total. The molecule has 30 heavy (non-hydrogen) atoms. The van der Waals surface area contributed by atoms with Crippen molar-refractivity contribution in [1.82, 2.24) is 9.13 Å². The Morgan fingerprint density at radius 1 is 1.13 bits per heavy atom. The van der Waals surface area contributed by atoms with Crippen molar-refractivity contribution in [3.63, 3.8) is 0 Å². The summed E-state index contributed by atoms with van der Waals surface area (Å²) in [6, 6.07) is -1.39. The van der Waals surface area contributed by atoms with E-state index < -0.39 is 59.8 Å². The molecule has 1 aliphatic rings. The standard InChI is InChI=1S/C19H31N3O8/c1-6-7-19(2,3)14(10-15(26)21(4)18(29)22(5)16(10)27)20-11-13(25)12(24)9(8-23)30-17(11)28/h9,11-13,17,23-26,28H,6-8H2,1-5H3/t9-,11-,12-,13-,17+/m1/s1. The summed E-state index contributed by atoms with van der Waals surface area (Å²) in [5.74, 6) is -0.597. The predicted molar refractivity (Wildman–Crippen MR) is 108 cm³/mol. The van der Waals surface area contributed by atoms with Gasteiger partial charge in [-0.15, -0.1) is 0 Å². The molecule has 0 unspecified atom stereocenters. The Hall–Kier alpha value is -2.05. The number of aromatic hydroxyl groups is 1. The van der Waals surface area contributed by atoms with Crippen molar-refractivity contribution in [2.24, 2.45) is 24.5 Å². The molecule has 0 aromatic carbocycles. The number of aliphatic hydroxyl groups is 4. The van der Waals surface area contributed by atoms with Gasteiger partial charge in [0.25, 0.3) is 5.56 Å². The van der Waals surface area contributed by atoms with Crippen molar-refractivity contribution in [3.8, 4) is 5.88 Å². The van der Waals surface area contributed by atoms with Crippen LogP contribution in [0.3, 0.4) is 0 Å². The monoisotopic (exact) mass is 429 g/mol. The Labute approximate surface area is 173 Å². The molecular formula is C19H31N3O8. The van der Waals surface area contributed by atoms with Crippen LogP contribution in [0.1, 0.15) is 39.2 Å². The molecule has 1 aromatic rings. The van der Waals surface area contributed by atoms with Gasteiger partial charge in [0.1, 0.15) is 29.9 Å². The topological polar surface area (TPSA) is 167 Å². The first kappa shape index (κ1) is 24.2. The Bertz CT molecular complexity index is 920. The Balaban J connectivity index is 2.76. The van der Waals surface area contributed by atoms with Gasteiger partial charge in [0.2, 0.25) is 5.88 Å². The van der Waals surface area contributed by atoms with Gasteiger partial charge >= 0.3 is 5.69 Å². The maximum atomic E-state index is 12.9. The minimum absolute atomic E-state index is 0.0550. The highest BCUT2D eigenvalue weighted by molar-refractivity contribution is 6.05. The van der Waals surface area contributed by atoms with Gasteiger partial charge in [0.05, 0.1) is 12.3 Å². The molecule has 1 fully saturated rings. The summed E-state index contributed by atoms with van der Waals surface area (Å²) in [5, 5.41) is 50.8. The number of ether oxygens (including phenoxy) is 1. The van der Waals surface area contributed by atoms with E-state index in [0.717, 1.165) is 9.13 Å². The third-order valence-electron chi connectivity index (χ3n) is 5.53. The summed E-state index contributed by atoms with van der Waals surface area (Å²) in [6.45, 7) is 4.84. The number of hydrogen-bond acceptors (Lipinski definition) is 9. The summed E-state index contributed by atoms with van der Waals surface area (Å²) in [7, 11) is 2.56. The van der Waals surface area contributed by atoms with E-state index >= 15 is 0 Å². The average molecular weight is 429 g/mol. The Kier molecular flexibility index (Phi) is 7.25. The van der Waals surface area contributed by atoms with Crippen LogP contribution in [-0.2, 0) is 18.8 Å². The largest absolute Gasteiger partial charge is 0.494 e. The quantitative estimate of drug-likeness (QED) is 0.330. The third kappa shape index (κ3) is 4.21. The van der Waals surface area contributed by atoms with Crippen molar-refractivity contribution in [3.05, 3.63) is 26.4 Å². The van der Waals surface area contributed by atoms with Gasteiger partial charge in [-0.3, -0.25) is 18.9 Å². The van der Waals surface area contributed by atoms with Gasteiger partial charge in [0, 0.05) is 19.5 Å². The molecule has 0 aliphatic carbocycles. The van der Waals surface area contributed by atoms with Crippen molar-refractivity contribution in [2.45, 2.75) is 64.3 Å². The molecule has 0 spiro atoms. The maximum Gasteiger partial charge on any atom is 0.333 e. The summed E-state index contributed by atoms with van der Waals surface area (Å²) in [5.41, 5.74) is -2.51. The highest BCUT2D eigenvalue weighted by Gasteiger charge is 2.45. The second kappa shape index (κ2) is 8.98. The van der Waals surface area contributed by atoms with Crippen molar-refractivity contribution < 1.29 is 30.3 Å². The highest BCUT2D eigenvalue weighted by Crippen LogP contribution is 2.32. The molecule has 5 N–H and O–H groups in total. The van der Waals surface area contributed by atoms with E-state index in [1.807, 2.05) is 6.92 Å². The average Bonchev–Trinajstić information content (AvgIpc) is 2.69. The number of rotatable bonds is 6. The van der Waals surface area contributed by atoms with Gasteiger partial charge < -0.3 is 30.3 Å². The van der Waals surface area contributed by atoms with Crippen molar-refractivity contribution in [2.75, 3.05) is 6.61 Å². The minimum Gasteiger partial charge on any atom is -0.494 e. The van der Waals surface area contributed by atoms with Crippen LogP contribution in [-0.4, -0.2) is 77.6 Å². The molecule has 1 aromatic heterocycles. The highest BCUT2D eigenvalue weighted by atomic mass is 16.6. The number of aromatic nitrogens is 2. The number of aliphatic hydroxyl groups excluding tert-OH is 4. The van der Waals surface area contributed by atoms with Crippen LogP contribution in [0.15, 0.2) is 14.6 Å². The lowest BCUT2D eigenvalue weighted by Gasteiger charge is -2.39. The summed E-state index contributed by atoms with van der Waals surface area (Å²) < 4.78 is 6.88. The third-order valence-corrected chi connectivity index (χ3v) is 5.53. The molecule has 5 atom stereocenters. The van der Waals surface area contributed by atoms with E-state index in [1.54, 1.807) is 13.8 Å². The molecule has 170 valence electrons. The van der Waals surface area contributed by atoms with Gasteiger partial charge in [-0.05, 0) is 6.42 Å². The molecule has 1 aliphatic heterocycles. The van der Waals surface area contributed by atoms with E-state index in [-0.39, 0.29) is 11.3 Å². The van der Waals surface area contributed by atoms with Crippen molar-refractivity contribution >= 4 is 5.71 Å². The van der Waals surface area contributed by atoms with Crippen LogP contribution in [0.5, 0.6) is 5.88 Å². The lowest BCUT2D eigenvalue weighted by Crippen LogP contribution is -2.58. The van der Waals surface area contributed by atoms with E-state index in [9.17, 15) is 35.1 Å². The molecule has 11 heteroatoms. The van der Waals surface area contributed by atoms with Gasteiger partial charge in [-0.2, -0.15) is 0 Å². The van der Waals surface area contributed by atoms with E-state index in [0.29, 0.717) is 12.8 Å². The van der Waals surface area contributed by atoms with Crippen LogP contribution in [0, 0.1) is 5.41 Å². The van der Waals surface area contributed by atoms with Crippen LogP contribution in [0.2, 0.25) is 0 Å². The lowest BCUT2D eigenvalue weighted by atomic mass is 9.79. The lowest BCUT2D eigenvalue weighted by molar-refractivity contribution is -0.248.